The number of ether oxygens (including phenoxy) is 1. The van der Waals surface area contributed by atoms with E-state index < -0.39 is 6.67 Å². The lowest BCUT2D eigenvalue weighted by Crippen LogP contribution is -2.37. The predicted molar refractivity (Wildman–Crippen MR) is 75.9 cm³/mol. The van der Waals surface area contributed by atoms with Gasteiger partial charge in [0, 0.05) is 24.8 Å². The molecule has 0 bridgehead atoms. The average molecular weight is 284 g/mol. The van der Waals surface area contributed by atoms with Crippen LogP contribution in [-0.2, 0) is 0 Å². The predicted octanol–water partition coefficient (Wildman–Crippen LogP) is 2.27. The lowest BCUT2D eigenvalue weighted by molar-refractivity contribution is 0.188. The Morgan fingerprint density at radius 1 is 1.45 bits per heavy atom. The van der Waals surface area contributed by atoms with Crippen molar-refractivity contribution in [2.24, 2.45) is 0 Å². The molecule has 2 N–H and O–H groups in total. The molecule has 0 saturated carbocycles. The van der Waals surface area contributed by atoms with E-state index in [4.69, 9.17) is 9.84 Å². The van der Waals surface area contributed by atoms with Crippen molar-refractivity contribution in [2.75, 3.05) is 38.3 Å². The van der Waals surface area contributed by atoms with Gasteiger partial charge in [-0.2, -0.15) is 0 Å². The second kappa shape index (κ2) is 9.14. The molecule has 0 fully saturated rings. The van der Waals surface area contributed by atoms with Crippen molar-refractivity contribution in [1.29, 1.82) is 0 Å². The molecule has 0 aliphatic heterocycles. The highest BCUT2D eigenvalue weighted by Crippen LogP contribution is 2.17. The van der Waals surface area contributed by atoms with E-state index in [1.54, 1.807) is 24.3 Å². The van der Waals surface area contributed by atoms with Crippen molar-refractivity contribution in [3.63, 3.8) is 0 Å². The highest BCUT2D eigenvalue weighted by Gasteiger charge is 2.12. The van der Waals surface area contributed by atoms with Gasteiger partial charge in [0.15, 0.2) is 0 Å². The molecule has 0 heterocycles. The molecule has 112 valence electrons. The van der Waals surface area contributed by atoms with Crippen molar-refractivity contribution in [1.82, 2.24) is 4.90 Å². The van der Waals surface area contributed by atoms with Crippen molar-refractivity contribution >= 4 is 11.7 Å². The maximum Gasteiger partial charge on any atom is 0.321 e. The third-order valence-corrected chi connectivity index (χ3v) is 2.58. The summed E-state index contributed by atoms with van der Waals surface area (Å²) in [7, 11) is 0. The SMILES string of the molecule is CCCN(CCO)C(=O)Nc1cccc(OCCF)c1. The van der Waals surface area contributed by atoms with Gasteiger partial charge in [0.2, 0.25) is 0 Å². The monoisotopic (exact) mass is 284 g/mol. The summed E-state index contributed by atoms with van der Waals surface area (Å²) < 4.78 is 17.2. The topological polar surface area (TPSA) is 61.8 Å². The number of nitrogens with one attached hydrogen (secondary N) is 1. The molecule has 0 unspecified atom stereocenters. The van der Waals surface area contributed by atoms with Crippen LogP contribution in [0.2, 0.25) is 0 Å². The maximum atomic E-state index is 12.0. The van der Waals surface area contributed by atoms with Crippen molar-refractivity contribution in [2.45, 2.75) is 13.3 Å². The van der Waals surface area contributed by atoms with Crippen LogP contribution in [-0.4, -0.2) is 49.0 Å². The number of carbonyl (C=O) groups excluding carboxylic acids is 1. The van der Waals surface area contributed by atoms with E-state index in [1.807, 2.05) is 6.92 Å². The number of halogens is 1. The second-order valence-electron chi connectivity index (χ2n) is 4.21. The number of aliphatic hydroxyl groups is 1. The van der Waals surface area contributed by atoms with Gasteiger partial charge in [-0.05, 0) is 18.6 Å². The van der Waals surface area contributed by atoms with E-state index in [2.05, 4.69) is 5.32 Å². The molecule has 1 aromatic carbocycles. The minimum absolute atomic E-state index is 0.0100. The van der Waals surface area contributed by atoms with Crippen LogP contribution in [0.15, 0.2) is 24.3 Å². The summed E-state index contributed by atoms with van der Waals surface area (Å²) in [4.78, 5) is 13.6. The molecular formula is C14H21FN2O3. The van der Waals surface area contributed by atoms with Crippen LogP contribution in [0, 0.1) is 0 Å². The van der Waals surface area contributed by atoms with Crippen molar-refractivity contribution in [3.05, 3.63) is 24.3 Å². The van der Waals surface area contributed by atoms with E-state index in [1.165, 1.54) is 4.90 Å². The zero-order valence-corrected chi connectivity index (χ0v) is 11.6. The van der Waals surface area contributed by atoms with Crippen LogP contribution >= 0.6 is 0 Å². The summed E-state index contributed by atoms with van der Waals surface area (Å²) in [6.07, 6.45) is 0.813. The fourth-order valence-corrected chi connectivity index (χ4v) is 1.73. The number of hydrogen-bond donors (Lipinski definition) is 2. The van der Waals surface area contributed by atoms with E-state index in [-0.39, 0.29) is 25.8 Å². The first-order valence-electron chi connectivity index (χ1n) is 6.66. The molecule has 0 radical (unpaired) electrons. The fraction of sp³-hybridized carbons (Fsp3) is 0.500. The molecule has 0 aliphatic rings. The zero-order valence-electron chi connectivity index (χ0n) is 11.6. The second-order valence-corrected chi connectivity index (χ2v) is 4.21. The highest BCUT2D eigenvalue weighted by atomic mass is 19.1. The summed E-state index contributed by atoms with van der Waals surface area (Å²) >= 11 is 0. The van der Waals surface area contributed by atoms with Gasteiger partial charge in [-0.3, -0.25) is 0 Å². The summed E-state index contributed by atoms with van der Waals surface area (Å²) in [6.45, 7) is 2.18. The minimum Gasteiger partial charge on any atom is -0.491 e. The van der Waals surface area contributed by atoms with Crippen LogP contribution in [0.25, 0.3) is 0 Å². The molecule has 2 amide bonds. The van der Waals surface area contributed by atoms with Gasteiger partial charge < -0.3 is 20.1 Å². The Balaban J connectivity index is 2.63. The Bertz CT molecular complexity index is 409. The number of anilines is 1. The van der Waals surface area contributed by atoms with Crippen LogP contribution in [0.5, 0.6) is 5.75 Å². The third kappa shape index (κ3) is 5.44. The molecule has 0 atom stereocenters. The Hall–Kier alpha value is -1.82. The molecule has 0 spiro atoms. The Morgan fingerprint density at radius 3 is 2.90 bits per heavy atom. The Labute approximate surface area is 118 Å². The number of hydrogen-bond acceptors (Lipinski definition) is 3. The average Bonchev–Trinajstić information content (AvgIpc) is 2.45. The Kier molecular flexibility index (Phi) is 7.42. The molecule has 0 aromatic heterocycles. The standard InChI is InChI=1S/C14H21FN2O3/c1-2-7-17(8-9-18)14(19)16-12-4-3-5-13(11-12)20-10-6-15/h3-5,11,18H,2,6-10H2,1H3,(H,16,19). The largest absolute Gasteiger partial charge is 0.491 e. The first kappa shape index (κ1) is 16.2. The molecule has 5 nitrogen and oxygen atoms in total. The van der Waals surface area contributed by atoms with E-state index >= 15 is 0 Å². The first-order chi connectivity index (χ1) is 9.71. The van der Waals surface area contributed by atoms with Gasteiger partial charge in [-0.15, -0.1) is 0 Å². The van der Waals surface area contributed by atoms with E-state index in [0.29, 0.717) is 18.0 Å². The fourth-order valence-electron chi connectivity index (χ4n) is 1.73. The summed E-state index contributed by atoms with van der Waals surface area (Å²) in [5.41, 5.74) is 0.574. The van der Waals surface area contributed by atoms with Crippen LogP contribution in [0.4, 0.5) is 14.9 Å². The zero-order chi connectivity index (χ0) is 14.8. The summed E-state index contributed by atoms with van der Waals surface area (Å²) in [5.74, 6) is 0.504. The number of amides is 2. The number of rotatable bonds is 8. The van der Waals surface area contributed by atoms with Crippen LogP contribution in [0.3, 0.4) is 0 Å². The van der Waals surface area contributed by atoms with Crippen molar-refractivity contribution in [3.8, 4) is 5.75 Å². The van der Waals surface area contributed by atoms with E-state index in [9.17, 15) is 9.18 Å². The first-order valence-corrected chi connectivity index (χ1v) is 6.66. The van der Waals surface area contributed by atoms with E-state index in [0.717, 1.165) is 6.42 Å². The summed E-state index contributed by atoms with van der Waals surface area (Å²) in [5, 5.41) is 11.7. The lowest BCUT2D eigenvalue weighted by Gasteiger charge is -2.21. The molecule has 0 saturated heterocycles. The Morgan fingerprint density at radius 2 is 2.25 bits per heavy atom. The third-order valence-electron chi connectivity index (χ3n) is 2.58. The quantitative estimate of drug-likeness (QED) is 0.770. The molecular weight excluding hydrogens is 263 g/mol. The van der Waals surface area contributed by atoms with Crippen LogP contribution < -0.4 is 10.1 Å². The molecule has 6 heteroatoms. The highest BCUT2D eigenvalue weighted by molar-refractivity contribution is 5.89. The van der Waals surface area contributed by atoms with Crippen LogP contribution in [0.1, 0.15) is 13.3 Å². The van der Waals surface area contributed by atoms with Gasteiger partial charge in [-0.25, -0.2) is 9.18 Å². The maximum absolute atomic E-state index is 12.0. The lowest BCUT2D eigenvalue weighted by atomic mass is 10.3. The molecule has 20 heavy (non-hydrogen) atoms. The smallest absolute Gasteiger partial charge is 0.321 e. The number of aliphatic hydroxyl groups excluding tert-OH is 1. The van der Waals surface area contributed by atoms with Gasteiger partial charge in [0.25, 0.3) is 0 Å². The molecule has 1 aromatic rings. The van der Waals surface area contributed by atoms with Crippen molar-refractivity contribution < 1.29 is 19.0 Å². The van der Waals surface area contributed by atoms with Gasteiger partial charge >= 0.3 is 6.03 Å². The van der Waals surface area contributed by atoms with Gasteiger partial charge in [0.05, 0.1) is 6.61 Å². The number of urea groups is 1. The number of benzene rings is 1. The summed E-state index contributed by atoms with van der Waals surface area (Å²) in [6, 6.07) is 6.51. The van der Waals surface area contributed by atoms with Gasteiger partial charge in [-0.1, -0.05) is 13.0 Å². The normalized spacial score (nSPS) is 10.2. The number of alkyl halides is 1. The number of nitrogens with zero attached hydrogens (tertiary/aromatic N) is 1. The molecule has 1 rings (SSSR count). The van der Waals surface area contributed by atoms with Gasteiger partial charge in [0.1, 0.15) is 19.0 Å². The number of carbonyl (C=O) groups is 1. The minimum atomic E-state index is -0.558. The molecule has 0 aliphatic carbocycles.